The molecule has 0 fully saturated rings. The van der Waals surface area contributed by atoms with Gasteiger partial charge in [0, 0.05) is 5.56 Å². The van der Waals surface area contributed by atoms with Crippen LogP contribution in [0.4, 0.5) is 4.79 Å². The van der Waals surface area contributed by atoms with E-state index in [9.17, 15) is 4.79 Å². The Morgan fingerprint density at radius 1 is 1.25 bits per heavy atom. The van der Waals surface area contributed by atoms with E-state index < -0.39 is 9.70 Å². The molecular weight excluding hydrogens is 433 g/mol. The lowest BCUT2D eigenvalue weighted by Gasteiger charge is -2.27. The number of tetrazole rings is 1. The maximum atomic E-state index is 11.4. The smallest absolute Gasteiger partial charge is 0.406 e. The Kier molecular flexibility index (Phi) is 5.64. The van der Waals surface area contributed by atoms with Gasteiger partial charge < -0.3 is 24.7 Å². The summed E-state index contributed by atoms with van der Waals surface area (Å²) in [7, 11) is 4.48. The Morgan fingerprint density at radius 3 is 2.29 bits per heavy atom. The molecule has 1 amide bonds. The van der Waals surface area contributed by atoms with E-state index in [-0.39, 0.29) is 6.54 Å². The van der Waals surface area contributed by atoms with Crippen molar-refractivity contribution < 1.29 is 23.7 Å². The van der Waals surface area contributed by atoms with E-state index in [2.05, 4.69) is 15.4 Å². The first-order valence-electron chi connectivity index (χ1n) is 6.62. The van der Waals surface area contributed by atoms with Gasteiger partial charge in [0.05, 0.1) is 21.3 Å². The molecule has 1 atom stereocenters. The molecule has 0 saturated heterocycles. The van der Waals surface area contributed by atoms with E-state index in [4.69, 9.17) is 24.7 Å². The van der Waals surface area contributed by atoms with E-state index in [1.807, 2.05) is 22.6 Å². The summed E-state index contributed by atoms with van der Waals surface area (Å²) in [4.78, 5) is 12.7. The standard InChI is InChI=1S/C13H16IN5O5/c1-21-9-4-8(5-10(22-2)11(9)23-3)13(14,24-12(15)20)6-19-17-7-16-18-19/h4-5,7H,6H2,1-3H3,(H2,15,20). The molecule has 0 aliphatic rings. The lowest BCUT2D eigenvalue weighted by molar-refractivity contribution is 0.0767. The van der Waals surface area contributed by atoms with E-state index in [1.165, 1.54) is 32.5 Å². The summed E-state index contributed by atoms with van der Waals surface area (Å²) in [5, 5.41) is 11.3. The highest BCUT2D eigenvalue weighted by Crippen LogP contribution is 2.44. The van der Waals surface area contributed by atoms with Crippen molar-refractivity contribution in [2.24, 2.45) is 5.73 Å². The largest absolute Gasteiger partial charge is 0.493 e. The maximum absolute atomic E-state index is 11.4. The summed E-state index contributed by atoms with van der Waals surface area (Å²) in [6, 6.07) is 3.32. The molecule has 1 heterocycles. The first kappa shape index (κ1) is 18.0. The van der Waals surface area contributed by atoms with Gasteiger partial charge in [-0.25, -0.2) is 4.79 Å². The van der Waals surface area contributed by atoms with Gasteiger partial charge in [0.2, 0.25) is 9.36 Å². The molecular formula is C13H16IN5O5. The van der Waals surface area contributed by atoms with Crippen molar-refractivity contribution in [2.75, 3.05) is 21.3 Å². The van der Waals surface area contributed by atoms with Gasteiger partial charge in [0.15, 0.2) is 17.8 Å². The fourth-order valence-corrected chi connectivity index (χ4v) is 2.91. The predicted molar refractivity (Wildman–Crippen MR) is 90.3 cm³/mol. The van der Waals surface area contributed by atoms with Gasteiger partial charge in [-0.15, -0.1) is 10.2 Å². The van der Waals surface area contributed by atoms with Crippen LogP contribution in [-0.2, 0) is 14.9 Å². The highest BCUT2D eigenvalue weighted by atomic mass is 127. The molecule has 0 aliphatic heterocycles. The Morgan fingerprint density at radius 2 is 1.88 bits per heavy atom. The molecule has 24 heavy (non-hydrogen) atoms. The van der Waals surface area contributed by atoms with Crippen LogP contribution in [0.2, 0.25) is 0 Å². The zero-order valence-electron chi connectivity index (χ0n) is 13.2. The van der Waals surface area contributed by atoms with E-state index >= 15 is 0 Å². The fourth-order valence-electron chi connectivity index (χ4n) is 2.08. The molecule has 2 aromatic rings. The van der Waals surface area contributed by atoms with Crippen molar-refractivity contribution >= 4 is 28.7 Å². The first-order chi connectivity index (χ1) is 11.4. The van der Waals surface area contributed by atoms with Crippen LogP contribution in [0.5, 0.6) is 17.2 Å². The average molecular weight is 449 g/mol. The lowest BCUT2D eigenvalue weighted by Crippen LogP contribution is -2.34. The molecule has 130 valence electrons. The Labute approximate surface area is 151 Å². The molecule has 1 unspecified atom stereocenters. The molecule has 0 saturated carbocycles. The minimum Gasteiger partial charge on any atom is -0.493 e. The second kappa shape index (κ2) is 7.51. The molecule has 0 aliphatic carbocycles. The average Bonchev–Trinajstić information content (AvgIpc) is 3.05. The van der Waals surface area contributed by atoms with Gasteiger partial charge in [0.1, 0.15) is 6.54 Å². The maximum Gasteiger partial charge on any atom is 0.406 e. The summed E-state index contributed by atoms with van der Waals surface area (Å²) in [6.07, 6.45) is 0.328. The van der Waals surface area contributed by atoms with Gasteiger partial charge in [-0.2, -0.15) is 4.80 Å². The zero-order valence-corrected chi connectivity index (χ0v) is 15.4. The van der Waals surface area contributed by atoms with Crippen LogP contribution < -0.4 is 19.9 Å². The number of amides is 1. The topological polar surface area (TPSA) is 124 Å². The SMILES string of the molecule is COc1cc(C(I)(Cn2ncnn2)OC(N)=O)cc(OC)c1OC. The van der Waals surface area contributed by atoms with E-state index in [1.54, 1.807) is 12.1 Å². The van der Waals surface area contributed by atoms with Crippen molar-refractivity contribution in [1.82, 2.24) is 20.2 Å². The number of hydrogen-bond donors (Lipinski definition) is 1. The van der Waals surface area contributed by atoms with Crippen LogP contribution >= 0.6 is 22.6 Å². The molecule has 1 aromatic heterocycles. The second-order valence-corrected chi connectivity index (χ2v) is 6.27. The van der Waals surface area contributed by atoms with Crippen LogP contribution in [0.3, 0.4) is 0 Å². The number of aromatic nitrogens is 4. The third-order valence-corrected chi connectivity index (χ3v) is 4.28. The molecule has 0 radical (unpaired) electrons. The van der Waals surface area contributed by atoms with Crippen LogP contribution in [0.15, 0.2) is 18.5 Å². The number of carbonyl (C=O) groups excluding carboxylic acids is 1. The number of primary amides is 1. The van der Waals surface area contributed by atoms with Crippen LogP contribution in [0.1, 0.15) is 5.56 Å². The molecule has 0 bridgehead atoms. The number of methoxy groups -OCH3 is 3. The Bertz CT molecular complexity index is 686. The molecule has 11 heteroatoms. The molecule has 2 rings (SSSR count). The quantitative estimate of drug-likeness (QED) is 0.492. The predicted octanol–water partition coefficient (Wildman–Crippen LogP) is 1.08. The summed E-state index contributed by atoms with van der Waals surface area (Å²) in [6.45, 7) is 0.0785. The minimum atomic E-state index is -1.21. The number of nitrogens with two attached hydrogens (primary N) is 1. The first-order valence-corrected chi connectivity index (χ1v) is 7.70. The van der Waals surface area contributed by atoms with E-state index in [0.29, 0.717) is 22.8 Å². The summed E-state index contributed by atoms with van der Waals surface area (Å²) >= 11 is 1.94. The van der Waals surface area contributed by atoms with Crippen molar-refractivity contribution in [3.63, 3.8) is 0 Å². The number of ether oxygens (including phenoxy) is 4. The molecule has 1 aromatic carbocycles. The van der Waals surface area contributed by atoms with Crippen LogP contribution in [0.25, 0.3) is 0 Å². The monoisotopic (exact) mass is 449 g/mol. The normalized spacial score (nSPS) is 13.0. The minimum absolute atomic E-state index is 0.0785. The fraction of sp³-hybridized carbons (Fsp3) is 0.385. The lowest BCUT2D eigenvalue weighted by atomic mass is 10.1. The Hall–Kier alpha value is -2.31. The number of carbonyl (C=O) groups is 1. The number of nitrogens with zero attached hydrogens (tertiary/aromatic N) is 4. The van der Waals surface area contributed by atoms with Crippen LogP contribution in [-0.4, -0.2) is 47.6 Å². The van der Waals surface area contributed by atoms with E-state index in [0.717, 1.165) is 0 Å². The number of rotatable bonds is 7. The molecule has 2 N–H and O–H groups in total. The second-order valence-electron chi connectivity index (χ2n) is 4.53. The number of hydrogen-bond acceptors (Lipinski definition) is 8. The number of benzene rings is 1. The van der Waals surface area contributed by atoms with Crippen molar-refractivity contribution in [2.45, 2.75) is 10.2 Å². The highest BCUT2D eigenvalue weighted by molar-refractivity contribution is 14.1. The molecule has 0 spiro atoms. The van der Waals surface area contributed by atoms with Gasteiger partial charge in [-0.3, -0.25) is 0 Å². The summed E-state index contributed by atoms with van der Waals surface area (Å²) < 4.78 is 20.0. The van der Waals surface area contributed by atoms with Gasteiger partial charge in [0.25, 0.3) is 0 Å². The number of alkyl halides is 1. The Balaban J connectivity index is 2.54. The van der Waals surface area contributed by atoms with Gasteiger partial charge >= 0.3 is 6.09 Å². The summed E-state index contributed by atoms with van der Waals surface area (Å²) in [5.74, 6) is 1.24. The molecule has 10 nitrogen and oxygen atoms in total. The van der Waals surface area contributed by atoms with Crippen molar-refractivity contribution in [1.29, 1.82) is 0 Å². The summed E-state index contributed by atoms with van der Waals surface area (Å²) in [5.41, 5.74) is 5.77. The zero-order chi connectivity index (χ0) is 17.7. The van der Waals surface area contributed by atoms with Crippen LogP contribution in [0, 0.1) is 0 Å². The van der Waals surface area contributed by atoms with Gasteiger partial charge in [-0.05, 0) is 39.9 Å². The van der Waals surface area contributed by atoms with Gasteiger partial charge in [-0.1, -0.05) is 0 Å². The van der Waals surface area contributed by atoms with Crippen molar-refractivity contribution in [3.8, 4) is 17.2 Å². The third-order valence-electron chi connectivity index (χ3n) is 3.09. The number of halogens is 1. The van der Waals surface area contributed by atoms with Crippen molar-refractivity contribution in [3.05, 3.63) is 24.0 Å². The third kappa shape index (κ3) is 3.77. The highest BCUT2D eigenvalue weighted by Gasteiger charge is 2.36.